The monoisotopic (exact) mass is 376 g/mol. The second-order valence-corrected chi connectivity index (χ2v) is 8.01. The van der Waals surface area contributed by atoms with E-state index in [9.17, 15) is 4.79 Å². The third kappa shape index (κ3) is 3.83. The van der Waals surface area contributed by atoms with Crippen molar-refractivity contribution in [3.05, 3.63) is 41.7 Å². The molecule has 2 N–H and O–H groups in total. The van der Waals surface area contributed by atoms with Crippen LogP contribution in [0.1, 0.15) is 30.3 Å². The summed E-state index contributed by atoms with van der Waals surface area (Å²) in [4.78, 5) is 12.7. The average Bonchev–Trinajstić information content (AvgIpc) is 3.35. The van der Waals surface area contributed by atoms with Crippen molar-refractivity contribution in [1.29, 1.82) is 0 Å². The number of hydrogen-bond acceptors (Lipinski definition) is 7. The molecule has 1 saturated heterocycles. The van der Waals surface area contributed by atoms with E-state index in [1.54, 1.807) is 0 Å². The number of ether oxygens (including phenoxy) is 1. The molecule has 1 aromatic carbocycles. The zero-order valence-electron chi connectivity index (χ0n) is 13.5. The molecule has 0 unspecified atom stereocenters. The van der Waals surface area contributed by atoms with Crippen LogP contribution >= 0.6 is 23.1 Å². The highest BCUT2D eigenvalue weighted by molar-refractivity contribution is 8.01. The third-order valence-electron chi connectivity index (χ3n) is 4.05. The fraction of sp³-hybridized carbons (Fsp3) is 0.375. The molecule has 130 valence electrons. The van der Waals surface area contributed by atoms with Gasteiger partial charge in [0, 0.05) is 12.8 Å². The molecule has 1 aliphatic rings. The Morgan fingerprint density at radius 1 is 1.36 bits per heavy atom. The molecule has 0 bridgehead atoms. The molecule has 3 aromatic rings. The van der Waals surface area contributed by atoms with Crippen LogP contribution in [0.2, 0.25) is 0 Å². The number of benzene rings is 1. The van der Waals surface area contributed by atoms with Gasteiger partial charge in [-0.25, -0.2) is 0 Å². The van der Waals surface area contributed by atoms with Gasteiger partial charge in [-0.15, -0.1) is 15.3 Å². The molecule has 3 heterocycles. The van der Waals surface area contributed by atoms with Crippen molar-refractivity contribution in [3.8, 4) is 0 Å². The van der Waals surface area contributed by atoms with Crippen molar-refractivity contribution >= 4 is 34.0 Å². The molecule has 25 heavy (non-hydrogen) atoms. The van der Waals surface area contributed by atoms with E-state index in [1.807, 2.05) is 34.8 Å². The second kappa shape index (κ2) is 7.51. The van der Waals surface area contributed by atoms with Gasteiger partial charge in [0.1, 0.15) is 12.6 Å². The van der Waals surface area contributed by atoms with E-state index in [0.717, 1.165) is 33.7 Å². The summed E-state index contributed by atoms with van der Waals surface area (Å²) < 4.78 is 7.91. The Morgan fingerprint density at radius 3 is 3.04 bits per heavy atom. The number of nitrogens with two attached hydrogens (primary N) is 1. The van der Waals surface area contributed by atoms with Gasteiger partial charge in [-0.05, 0) is 5.56 Å². The highest BCUT2D eigenvalue weighted by atomic mass is 32.2. The molecule has 2 aromatic heterocycles. The SMILES string of the molecule is O=C(CSc1nn2c([C@H]3CCC[NH2+]3)nnc2s1)OCc1ccccc1. The first-order valence-electron chi connectivity index (χ1n) is 8.17. The minimum Gasteiger partial charge on any atom is -0.460 e. The zero-order chi connectivity index (χ0) is 17.1. The van der Waals surface area contributed by atoms with Gasteiger partial charge in [0.2, 0.25) is 10.8 Å². The smallest absolute Gasteiger partial charge is 0.316 e. The Hall–Kier alpha value is -1.97. The van der Waals surface area contributed by atoms with E-state index in [-0.39, 0.29) is 11.7 Å². The predicted molar refractivity (Wildman–Crippen MR) is 94.4 cm³/mol. The largest absolute Gasteiger partial charge is 0.460 e. The van der Waals surface area contributed by atoms with Crippen LogP contribution in [0.15, 0.2) is 34.7 Å². The van der Waals surface area contributed by atoms with Crippen LogP contribution in [-0.4, -0.2) is 38.1 Å². The van der Waals surface area contributed by atoms with Gasteiger partial charge in [-0.2, -0.15) is 4.52 Å². The van der Waals surface area contributed by atoms with E-state index >= 15 is 0 Å². The highest BCUT2D eigenvalue weighted by Crippen LogP contribution is 2.26. The lowest BCUT2D eigenvalue weighted by Crippen LogP contribution is -2.82. The Bertz CT molecular complexity index is 858. The number of esters is 1. The van der Waals surface area contributed by atoms with Gasteiger partial charge >= 0.3 is 5.97 Å². The standard InChI is InChI=1S/C16H17N5O2S2/c22-13(23-9-11-5-2-1-3-6-11)10-24-16-20-21-14(12-7-4-8-17-12)18-19-15(21)25-16/h1-3,5-6,12,17H,4,7-10H2/p+1/t12-/m1/s1. The van der Waals surface area contributed by atoms with Crippen molar-refractivity contribution in [2.45, 2.75) is 29.8 Å². The predicted octanol–water partition coefficient (Wildman–Crippen LogP) is 1.42. The summed E-state index contributed by atoms with van der Waals surface area (Å²) in [6, 6.07) is 10.0. The zero-order valence-corrected chi connectivity index (χ0v) is 15.1. The Labute approximate surface area is 152 Å². The molecule has 0 amide bonds. The first-order chi connectivity index (χ1) is 12.3. The topological polar surface area (TPSA) is 86.0 Å². The number of hydrogen-bond donors (Lipinski definition) is 1. The Balaban J connectivity index is 1.34. The molecular formula is C16H18N5O2S2+. The van der Waals surface area contributed by atoms with Crippen molar-refractivity contribution in [1.82, 2.24) is 19.8 Å². The number of nitrogens with zero attached hydrogens (tertiary/aromatic N) is 4. The number of fused-ring (bicyclic) bond motifs is 1. The van der Waals surface area contributed by atoms with Crippen LogP contribution in [0.4, 0.5) is 0 Å². The minimum atomic E-state index is -0.246. The molecular weight excluding hydrogens is 358 g/mol. The molecule has 0 spiro atoms. The minimum absolute atomic E-state index is 0.238. The van der Waals surface area contributed by atoms with Gasteiger partial charge in [-0.1, -0.05) is 53.4 Å². The molecule has 9 heteroatoms. The summed E-state index contributed by atoms with van der Waals surface area (Å²) in [7, 11) is 0. The summed E-state index contributed by atoms with van der Waals surface area (Å²) >= 11 is 2.83. The van der Waals surface area contributed by atoms with Crippen molar-refractivity contribution < 1.29 is 14.8 Å². The Kier molecular flexibility index (Phi) is 4.95. The van der Waals surface area contributed by atoms with Crippen LogP contribution in [0.5, 0.6) is 0 Å². The van der Waals surface area contributed by atoms with Crippen LogP contribution in [0.25, 0.3) is 4.96 Å². The molecule has 4 rings (SSSR count). The first kappa shape index (κ1) is 16.5. The number of carbonyl (C=O) groups excluding carboxylic acids is 1. The second-order valence-electron chi connectivity index (χ2n) is 5.83. The third-order valence-corrected chi connectivity index (χ3v) is 6.06. The molecule has 0 aliphatic carbocycles. The average molecular weight is 376 g/mol. The molecule has 1 atom stereocenters. The van der Waals surface area contributed by atoms with Crippen molar-refractivity contribution in [2.24, 2.45) is 0 Å². The molecule has 1 fully saturated rings. The van der Waals surface area contributed by atoms with E-state index in [2.05, 4.69) is 20.6 Å². The quantitative estimate of drug-likeness (QED) is 0.517. The summed E-state index contributed by atoms with van der Waals surface area (Å²) in [5.74, 6) is 0.897. The number of aromatic nitrogens is 4. The summed E-state index contributed by atoms with van der Waals surface area (Å²) in [6.07, 6.45) is 2.30. The lowest BCUT2D eigenvalue weighted by atomic mass is 10.2. The lowest BCUT2D eigenvalue weighted by Gasteiger charge is -2.03. The van der Waals surface area contributed by atoms with Gasteiger partial charge in [0.25, 0.3) is 0 Å². The van der Waals surface area contributed by atoms with E-state index in [0.29, 0.717) is 12.6 Å². The van der Waals surface area contributed by atoms with Crippen molar-refractivity contribution in [2.75, 3.05) is 12.3 Å². The fourth-order valence-corrected chi connectivity index (χ4v) is 4.49. The van der Waals surface area contributed by atoms with Gasteiger partial charge < -0.3 is 10.1 Å². The summed E-state index contributed by atoms with van der Waals surface area (Å²) in [5.41, 5.74) is 0.983. The van der Waals surface area contributed by atoms with Crippen LogP contribution in [-0.2, 0) is 16.1 Å². The Morgan fingerprint density at radius 2 is 2.24 bits per heavy atom. The number of carbonyl (C=O) groups is 1. The van der Waals surface area contributed by atoms with Crippen LogP contribution < -0.4 is 5.32 Å². The maximum absolute atomic E-state index is 11.9. The van der Waals surface area contributed by atoms with E-state index < -0.39 is 0 Å². The summed E-state index contributed by atoms with van der Waals surface area (Å²) in [6.45, 7) is 1.42. The van der Waals surface area contributed by atoms with Crippen molar-refractivity contribution in [3.63, 3.8) is 0 Å². The van der Waals surface area contributed by atoms with Gasteiger partial charge in [0.15, 0.2) is 4.34 Å². The van der Waals surface area contributed by atoms with E-state index in [1.165, 1.54) is 29.5 Å². The van der Waals surface area contributed by atoms with Crippen LogP contribution in [0, 0.1) is 0 Å². The molecule has 0 saturated carbocycles. The van der Waals surface area contributed by atoms with Gasteiger partial charge in [-0.3, -0.25) is 4.79 Å². The van der Waals surface area contributed by atoms with Gasteiger partial charge in [0.05, 0.1) is 12.3 Å². The number of rotatable bonds is 6. The first-order valence-corrected chi connectivity index (χ1v) is 9.97. The van der Waals surface area contributed by atoms with Crippen LogP contribution in [0.3, 0.4) is 0 Å². The molecule has 7 nitrogen and oxygen atoms in total. The summed E-state index contributed by atoms with van der Waals surface area (Å²) in [5, 5.41) is 15.3. The highest BCUT2D eigenvalue weighted by Gasteiger charge is 2.27. The molecule has 0 radical (unpaired) electrons. The van der Waals surface area contributed by atoms with E-state index in [4.69, 9.17) is 4.74 Å². The maximum atomic E-state index is 11.9. The normalized spacial score (nSPS) is 17.2. The maximum Gasteiger partial charge on any atom is 0.316 e. The number of quaternary nitrogens is 1. The number of thioether (sulfide) groups is 1. The molecule has 1 aliphatic heterocycles. The lowest BCUT2D eigenvalue weighted by molar-refractivity contribution is -0.677. The fourth-order valence-electron chi connectivity index (χ4n) is 2.81.